The maximum absolute atomic E-state index is 10.3. The van der Waals surface area contributed by atoms with Crippen LogP contribution in [-0.4, -0.2) is 27.9 Å². The molecule has 0 saturated heterocycles. The number of hydrazone groups is 1. The summed E-state index contributed by atoms with van der Waals surface area (Å²) in [6.07, 6.45) is 3.76. The SMILES string of the molecule is COc1cccc2c1O[C@@H](c1cccnc1)N1N=C(c3ccccc3O)C[C@@H]21. The lowest BCUT2D eigenvalue weighted by atomic mass is 9.95. The van der Waals surface area contributed by atoms with Gasteiger partial charge >= 0.3 is 0 Å². The van der Waals surface area contributed by atoms with Gasteiger partial charge in [-0.15, -0.1) is 0 Å². The highest BCUT2D eigenvalue weighted by Gasteiger charge is 2.42. The van der Waals surface area contributed by atoms with Gasteiger partial charge in [-0.05, 0) is 24.3 Å². The summed E-state index contributed by atoms with van der Waals surface area (Å²) in [7, 11) is 1.64. The minimum Gasteiger partial charge on any atom is -0.507 e. The number of phenolic OH excluding ortho intramolecular Hbond substituents is 1. The number of hydrogen-bond acceptors (Lipinski definition) is 6. The number of hydrogen-bond donors (Lipinski definition) is 1. The molecule has 2 aromatic carbocycles. The molecule has 0 saturated carbocycles. The maximum atomic E-state index is 10.3. The summed E-state index contributed by atoms with van der Waals surface area (Å²) >= 11 is 0. The lowest BCUT2D eigenvalue weighted by Gasteiger charge is -2.38. The standard InChI is InChI=1S/C22H19N3O3/c1-27-20-10-4-8-16-18-12-17(15-7-2-3-9-19(15)26)24-25(18)22(28-21(16)20)14-6-5-11-23-13-14/h2-11,13,18,22,26H,12H2,1H3/t18-,22-/m0/s1. The van der Waals surface area contributed by atoms with Crippen LogP contribution < -0.4 is 9.47 Å². The Morgan fingerprint density at radius 3 is 2.79 bits per heavy atom. The number of ether oxygens (including phenoxy) is 2. The van der Waals surface area contributed by atoms with Gasteiger partial charge in [0.25, 0.3) is 0 Å². The Kier molecular flexibility index (Phi) is 3.90. The predicted octanol–water partition coefficient (Wildman–Crippen LogP) is 4.04. The van der Waals surface area contributed by atoms with Crippen molar-refractivity contribution in [2.45, 2.75) is 18.7 Å². The number of aromatic nitrogens is 1. The van der Waals surface area contributed by atoms with Gasteiger partial charge in [-0.3, -0.25) is 4.98 Å². The van der Waals surface area contributed by atoms with E-state index in [-0.39, 0.29) is 11.8 Å². The van der Waals surface area contributed by atoms with Crippen molar-refractivity contribution in [1.82, 2.24) is 9.99 Å². The van der Waals surface area contributed by atoms with E-state index < -0.39 is 6.23 Å². The van der Waals surface area contributed by atoms with Crippen LogP contribution in [0.3, 0.4) is 0 Å². The molecule has 1 N–H and O–H groups in total. The largest absolute Gasteiger partial charge is 0.507 e. The fourth-order valence-electron chi connectivity index (χ4n) is 3.87. The first kappa shape index (κ1) is 16.6. The summed E-state index contributed by atoms with van der Waals surface area (Å²) in [6.45, 7) is 0. The minimum absolute atomic E-state index is 0.0151. The molecule has 3 heterocycles. The van der Waals surface area contributed by atoms with Gasteiger partial charge in [0.15, 0.2) is 11.5 Å². The summed E-state index contributed by atoms with van der Waals surface area (Å²) in [5, 5.41) is 17.1. The van der Waals surface area contributed by atoms with Gasteiger partial charge in [0, 0.05) is 35.5 Å². The fourth-order valence-corrected chi connectivity index (χ4v) is 3.87. The Morgan fingerprint density at radius 1 is 1.11 bits per heavy atom. The van der Waals surface area contributed by atoms with E-state index in [0.29, 0.717) is 12.2 Å². The molecule has 0 fully saturated rings. The van der Waals surface area contributed by atoms with Crippen LogP contribution in [-0.2, 0) is 0 Å². The molecule has 140 valence electrons. The number of nitrogens with zero attached hydrogens (tertiary/aromatic N) is 3. The average Bonchev–Trinajstić information content (AvgIpc) is 3.19. The van der Waals surface area contributed by atoms with Gasteiger partial charge in [-0.25, -0.2) is 5.01 Å². The van der Waals surface area contributed by atoms with Crippen molar-refractivity contribution < 1.29 is 14.6 Å². The highest BCUT2D eigenvalue weighted by atomic mass is 16.5. The summed E-state index contributed by atoms with van der Waals surface area (Å²) in [4.78, 5) is 4.24. The quantitative estimate of drug-likeness (QED) is 0.751. The molecule has 2 aliphatic heterocycles. The first-order chi connectivity index (χ1) is 13.8. The summed E-state index contributed by atoms with van der Waals surface area (Å²) < 4.78 is 11.9. The zero-order valence-corrected chi connectivity index (χ0v) is 15.3. The Balaban J connectivity index is 1.64. The van der Waals surface area contributed by atoms with Crippen LogP contribution in [0.15, 0.2) is 72.1 Å². The van der Waals surface area contributed by atoms with Crippen LogP contribution in [0.25, 0.3) is 0 Å². The monoisotopic (exact) mass is 373 g/mol. The first-order valence-electron chi connectivity index (χ1n) is 9.14. The molecule has 3 aromatic rings. The molecular formula is C22H19N3O3. The Morgan fingerprint density at radius 2 is 2.00 bits per heavy atom. The van der Waals surface area contributed by atoms with Gasteiger partial charge in [0.1, 0.15) is 5.75 Å². The molecule has 0 bridgehead atoms. The molecule has 6 heteroatoms. The van der Waals surface area contributed by atoms with Gasteiger partial charge in [0.05, 0.1) is 18.9 Å². The second-order valence-corrected chi connectivity index (χ2v) is 6.80. The van der Waals surface area contributed by atoms with Crippen molar-refractivity contribution in [3.63, 3.8) is 0 Å². The van der Waals surface area contributed by atoms with E-state index >= 15 is 0 Å². The second-order valence-electron chi connectivity index (χ2n) is 6.80. The molecule has 28 heavy (non-hydrogen) atoms. The Hall–Kier alpha value is -3.54. The van der Waals surface area contributed by atoms with E-state index in [1.807, 2.05) is 53.5 Å². The third kappa shape index (κ3) is 2.57. The Bertz CT molecular complexity index is 1050. The van der Waals surface area contributed by atoms with Crippen LogP contribution >= 0.6 is 0 Å². The zero-order chi connectivity index (χ0) is 19.1. The Labute approximate surface area is 162 Å². The van der Waals surface area contributed by atoms with Crippen LogP contribution in [0.1, 0.15) is 35.4 Å². The topological polar surface area (TPSA) is 67.2 Å². The first-order valence-corrected chi connectivity index (χ1v) is 9.14. The number of phenols is 1. The van der Waals surface area contributed by atoms with E-state index in [1.54, 1.807) is 25.6 Å². The van der Waals surface area contributed by atoms with Crippen molar-refractivity contribution >= 4 is 5.71 Å². The zero-order valence-electron chi connectivity index (χ0n) is 15.3. The van der Waals surface area contributed by atoms with Crippen molar-refractivity contribution in [3.8, 4) is 17.2 Å². The lowest BCUT2D eigenvalue weighted by Crippen LogP contribution is -2.33. The molecule has 1 aromatic heterocycles. The molecule has 0 radical (unpaired) electrons. The number of benzene rings is 2. The van der Waals surface area contributed by atoms with Crippen LogP contribution in [0, 0.1) is 0 Å². The highest BCUT2D eigenvalue weighted by Crippen LogP contribution is 2.50. The average molecular weight is 373 g/mol. The number of pyridine rings is 1. The lowest BCUT2D eigenvalue weighted by molar-refractivity contribution is -0.0211. The molecule has 0 amide bonds. The molecular weight excluding hydrogens is 354 g/mol. The minimum atomic E-state index is -0.425. The van der Waals surface area contributed by atoms with E-state index in [0.717, 1.165) is 28.2 Å². The molecule has 0 aliphatic carbocycles. The molecule has 2 atom stereocenters. The maximum Gasteiger partial charge on any atom is 0.215 e. The summed E-state index contributed by atoms with van der Waals surface area (Å²) in [6, 6.07) is 17.0. The third-order valence-corrected chi connectivity index (χ3v) is 5.18. The van der Waals surface area contributed by atoms with Crippen molar-refractivity contribution in [2.24, 2.45) is 5.10 Å². The van der Waals surface area contributed by atoms with Crippen LogP contribution in [0.2, 0.25) is 0 Å². The second kappa shape index (κ2) is 6.56. The van der Waals surface area contributed by atoms with Gasteiger partial charge in [-0.1, -0.05) is 30.3 Å². The number of rotatable bonds is 3. The molecule has 5 rings (SSSR count). The van der Waals surface area contributed by atoms with Crippen molar-refractivity contribution in [3.05, 3.63) is 83.7 Å². The number of para-hydroxylation sites is 2. The van der Waals surface area contributed by atoms with Crippen LogP contribution in [0.4, 0.5) is 0 Å². The van der Waals surface area contributed by atoms with E-state index in [2.05, 4.69) is 4.98 Å². The summed E-state index contributed by atoms with van der Waals surface area (Å²) in [5.74, 6) is 1.65. The van der Waals surface area contributed by atoms with Gasteiger partial charge < -0.3 is 14.6 Å². The van der Waals surface area contributed by atoms with Gasteiger partial charge in [0.2, 0.25) is 6.23 Å². The molecule has 0 spiro atoms. The molecule has 6 nitrogen and oxygen atoms in total. The van der Waals surface area contributed by atoms with Gasteiger partial charge in [-0.2, -0.15) is 5.10 Å². The molecule has 0 unspecified atom stereocenters. The van der Waals surface area contributed by atoms with Crippen molar-refractivity contribution in [2.75, 3.05) is 7.11 Å². The van der Waals surface area contributed by atoms with Crippen molar-refractivity contribution in [1.29, 1.82) is 0 Å². The predicted molar refractivity (Wildman–Crippen MR) is 104 cm³/mol. The number of fused-ring (bicyclic) bond motifs is 3. The smallest absolute Gasteiger partial charge is 0.215 e. The fraction of sp³-hybridized carbons (Fsp3) is 0.182. The number of aromatic hydroxyl groups is 1. The molecule has 2 aliphatic rings. The third-order valence-electron chi connectivity index (χ3n) is 5.18. The van der Waals surface area contributed by atoms with Crippen LogP contribution in [0.5, 0.6) is 17.2 Å². The summed E-state index contributed by atoms with van der Waals surface area (Å²) in [5.41, 5.74) is 3.50. The van der Waals surface area contributed by atoms with E-state index in [9.17, 15) is 5.11 Å². The number of methoxy groups -OCH3 is 1. The van der Waals surface area contributed by atoms with E-state index in [1.165, 1.54) is 0 Å². The normalized spacial score (nSPS) is 20.0. The van der Waals surface area contributed by atoms with E-state index in [4.69, 9.17) is 14.6 Å². The highest BCUT2D eigenvalue weighted by molar-refractivity contribution is 6.04.